The lowest BCUT2D eigenvalue weighted by molar-refractivity contribution is -0.112. The second-order valence-electron chi connectivity index (χ2n) is 15.8. The zero-order valence-corrected chi connectivity index (χ0v) is 36.7. The first-order valence-corrected chi connectivity index (χ1v) is 22.6. The van der Waals surface area contributed by atoms with Gasteiger partial charge in [-0.15, -0.1) is 0 Å². The number of hydrogen-bond donors (Lipinski definition) is 5. The van der Waals surface area contributed by atoms with E-state index in [4.69, 9.17) is 4.74 Å². The number of fused-ring (bicyclic) bond motifs is 1. The molecule has 0 spiro atoms. The number of unbranched alkanes of at least 4 members (excludes halogenated alkanes) is 3. The topological polar surface area (TPSA) is 182 Å². The van der Waals surface area contributed by atoms with Crippen molar-refractivity contribution in [2.45, 2.75) is 95.7 Å². The maximum atomic E-state index is 14.0. The van der Waals surface area contributed by atoms with Gasteiger partial charge < -0.3 is 49.8 Å². The van der Waals surface area contributed by atoms with E-state index in [-0.39, 0.29) is 41.6 Å². The molecule has 0 radical (unpaired) electrons. The molecule has 2 heterocycles. The molecule has 328 valence electrons. The minimum Gasteiger partial charge on any atom is -0.490 e. The molecule has 14 nitrogen and oxygen atoms in total. The maximum Gasteiger partial charge on any atom is 0.267 e. The second-order valence-corrected chi connectivity index (χ2v) is 16.4. The van der Waals surface area contributed by atoms with Crippen LogP contribution >= 0.6 is 11.9 Å². The normalized spacial score (nSPS) is 14.6. The molecule has 2 aliphatic rings. The number of H-pyrrole nitrogens is 1. The lowest BCUT2D eigenvalue weighted by Gasteiger charge is -2.26. The third kappa shape index (κ3) is 12.3. The molecular formula is C46H61N7O7S. The summed E-state index contributed by atoms with van der Waals surface area (Å²) in [6, 6.07) is 10.5. The molecule has 5 N–H and O–H groups in total. The predicted molar refractivity (Wildman–Crippen MR) is 240 cm³/mol. The van der Waals surface area contributed by atoms with Crippen molar-refractivity contribution in [1.29, 1.82) is 0 Å². The predicted octanol–water partition coefficient (Wildman–Crippen LogP) is 6.16. The summed E-state index contributed by atoms with van der Waals surface area (Å²) in [7, 11) is 5.58. The van der Waals surface area contributed by atoms with Crippen LogP contribution in [-0.2, 0) is 22.6 Å². The molecule has 1 fully saturated rings. The van der Waals surface area contributed by atoms with Crippen molar-refractivity contribution < 1.29 is 33.5 Å². The van der Waals surface area contributed by atoms with E-state index in [9.17, 15) is 28.8 Å². The minimum absolute atomic E-state index is 0.0355. The van der Waals surface area contributed by atoms with E-state index in [1.807, 2.05) is 49.7 Å². The molecule has 1 aromatic heterocycles. The number of amides is 3. The number of likely N-dealkylation sites (N-methyl/N-ethyl adjacent to an activating group) is 1. The highest BCUT2D eigenvalue weighted by molar-refractivity contribution is 7.99. The maximum absolute atomic E-state index is 14.0. The summed E-state index contributed by atoms with van der Waals surface area (Å²) >= 11 is 1.36. The van der Waals surface area contributed by atoms with Crippen LogP contribution in [0.3, 0.4) is 0 Å². The average Bonchev–Trinajstić information content (AvgIpc) is 3.85. The number of ether oxygens (including phenoxy) is 1. The van der Waals surface area contributed by atoms with Gasteiger partial charge in [0.25, 0.3) is 17.7 Å². The van der Waals surface area contributed by atoms with E-state index in [0.717, 1.165) is 87.9 Å². The van der Waals surface area contributed by atoms with E-state index in [1.54, 1.807) is 30.1 Å². The van der Waals surface area contributed by atoms with Crippen LogP contribution in [-0.4, -0.2) is 111 Å². The molecule has 15 heteroatoms. The monoisotopic (exact) mass is 855 g/mol. The minimum atomic E-state index is -0.615. The fourth-order valence-corrected chi connectivity index (χ4v) is 8.42. The summed E-state index contributed by atoms with van der Waals surface area (Å²) in [5.41, 5.74) is 6.09. The first-order valence-electron chi connectivity index (χ1n) is 21.4. The van der Waals surface area contributed by atoms with Gasteiger partial charge >= 0.3 is 0 Å². The summed E-state index contributed by atoms with van der Waals surface area (Å²) in [5, 5.41) is 8.99. The van der Waals surface area contributed by atoms with E-state index in [0.29, 0.717) is 78.1 Å². The van der Waals surface area contributed by atoms with Gasteiger partial charge in [-0.05, 0) is 93.8 Å². The highest BCUT2D eigenvalue weighted by Crippen LogP contribution is 2.39. The standard InChI is InChI=1S/C46H61N7O7S/c1-47-21-22-49-45(58)41-24-35(42(30-56)50-41)39(27-52(2)3)36-25-40(51-61-4)37(26-43(36)60-33-17-9-7-10-18-33)44(57)48-20-11-6-5-8-14-31-15-12-19-34-38(31)28-53(46(34)59)32(29-55)16-13-23-54/h12,15,19,23-27,29-30,32-33,47,50-51H,5-11,13-14,16-18,20-22,28H2,1-4H3,(H,48,57)(H,49,58)/b39-27+. The van der Waals surface area contributed by atoms with Crippen LogP contribution in [0.25, 0.3) is 5.57 Å². The van der Waals surface area contributed by atoms with Crippen LogP contribution in [0.15, 0.2) is 42.6 Å². The summed E-state index contributed by atoms with van der Waals surface area (Å²) in [5.74, 6) is -0.203. The van der Waals surface area contributed by atoms with Gasteiger partial charge in [0.15, 0.2) is 6.29 Å². The number of carbonyl (C=O) groups is 6. The van der Waals surface area contributed by atoms with Crippen molar-refractivity contribution >= 4 is 59.8 Å². The SMILES string of the molecule is CNCCNC(=O)c1cc(/C(=C\N(C)C)c2cc(NSC)c(C(=O)NCCCCCCc3cccc4c3CN(C(C=O)CCC=O)C4=O)cc2OC2CCCCC2)c(C=O)[nH]1. The van der Waals surface area contributed by atoms with Crippen molar-refractivity contribution in [2.75, 3.05) is 51.8 Å². The Balaban J connectivity index is 1.29. The van der Waals surface area contributed by atoms with Crippen LogP contribution in [0, 0.1) is 0 Å². The summed E-state index contributed by atoms with van der Waals surface area (Å²) < 4.78 is 10.1. The highest BCUT2D eigenvalue weighted by atomic mass is 32.2. The molecule has 1 aliphatic carbocycles. The molecule has 2 aromatic carbocycles. The van der Waals surface area contributed by atoms with Gasteiger partial charge in [-0.3, -0.25) is 19.2 Å². The second kappa shape index (κ2) is 23.6. The lowest BCUT2D eigenvalue weighted by Crippen LogP contribution is -2.36. The zero-order chi connectivity index (χ0) is 43.7. The number of nitrogens with one attached hydrogen (secondary N) is 5. The van der Waals surface area contributed by atoms with Crippen molar-refractivity contribution in [3.63, 3.8) is 0 Å². The molecular weight excluding hydrogens is 795 g/mol. The Morgan fingerprint density at radius 3 is 2.43 bits per heavy atom. The number of hydrogen-bond acceptors (Lipinski definition) is 11. The number of aryl methyl sites for hydroxylation is 1. The fourth-order valence-electron chi connectivity index (χ4n) is 8.03. The Morgan fingerprint density at radius 2 is 1.72 bits per heavy atom. The highest BCUT2D eigenvalue weighted by Gasteiger charge is 2.33. The van der Waals surface area contributed by atoms with Gasteiger partial charge in [0.05, 0.1) is 29.1 Å². The molecule has 61 heavy (non-hydrogen) atoms. The molecule has 0 bridgehead atoms. The van der Waals surface area contributed by atoms with Crippen molar-refractivity contribution in [1.82, 2.24) is 30.7 Å². The van der Waals surface area contributed by atoms with Crippen LogP contribution in [0.1, 0.15) is 135 Å². The molecule has 0 saturated heterocycles. The van der Waals surface area contributed by atoms with Crippen molar-refractivity contribution in [3.05, 3.63) is 87.4 Å². The van der Waals surface area contributed by atoms with Gasteiger partial charge in [-0.1, -0.05) is 43.3 Å². The molecule has 1 saturated carbocycles. The Morgan fingerprint density at radius 1 is 0.951 bits per heavy atom. The summed E-state index contributed by atoms with van der Waals surface area (Å²) in [4.78, 5) is 81.7. The molecule has 1 unspecified atom stereocenters. The lowest BCUT2D eigenvalue weighted by atomic mass is 9.94. The molecule has 3 amide bonds. The average molecular weight is 856 g/mol. The van der Waals surface area contributed by atoms with Crippen LogP contribution in [0.5, 0.6) is 5.75 Å². The van der Waals surface area contributed by atoms with Crippen molar-refractivity contribution in [2.24, 2.45) is 0 Å². The molecule has 5 rings (SSSR count). The number of aromatic nitrogens is 1. The number of aromatic amines is 1. The van der Waals surface area contributed by atoms with E-state index < -0.39 is 6.04 Å². The number of benzene rings is 2. The first-order chi connectivity index (χ1) is 29.6. The van der Waals surface area contributed by atoms with E-state index in [2.05, 4.69) is 25.7 Å². The smallest absolute Gasteiger partial charge is 0.267 e. The Hall–Kier alpha value is -5.41. The van der Waals surface area contributed by atoms with Gasteiger partial charge in [-0.2, -0.15) is 0 Å². The van der Waals surface area contributed by atoms with Gasteiger partial charge in [0.2, 0.25) is 0 Å². The van der Waals surface area contributed by atoms with Gasteiger partial charge in [0, 0.05) is 81.4 Å². The molecule has 1 atom stereocenters. The first kappa shape index (κ1) is 46.7. The largest absolute Gasteiger partial charge is 0.490 e. The zero-order valence-electron chi connectivity index (χ0n) is 35.9. The van der Waals surface area contributed by atoms with Gasteiger partial charge in [-0.25, -0.2) is 0 Å². The Labute approximate surface area is 363 Å². The van der Waals surface area contributed by atoms with E-state index >= 15 is 0 Å². The Bertz CT molecular complexity index is 2040. The van der Waals surface area contributed by atoms with Crippen LogP contribution < -0.4 is 25.4 Å². The molecule has 3 aromatic rings. The molecule has 1 aliphatic heterocycles. The Kier molecular flexibility index (Phi) is 18.0. The van der Waals surface area contributed by atoms with E-state index in [1.165, 1.54) is 11.9 Å². The third-order valence-electron chi connectivity index (χ3n) is 11.1. The number of nitrogens with zero attached hydrogens (tertiary/aromatic N) is 2. The third-order valence-corrected chi connectivity index (χ3v) is 11.6. The number of aldehydes is 3. The van der Waals surface area contributed by atoms with Crippen molar-refractivity contribution in [3.8, 4) is 5.75 Å². The number of anilines is 1. The van der Waals surface area contributed by atoms with Crippen LogP contribution in [0.4, 0.5) is 5.69 Å². The summed E-state index contributed by atoms with van der Waals surface area (Å²) in [6.45, 7) is 1.87. The van der Waals surface area contributed by atoms with Crippen LogP contribution in [0.2, 0.25) is 0 Å². The van der Waals surface area contributed by atoms with Gasteiger partial charge in [0.1, 0.15) is 24.0 Å². The number of rotatable bonds is 25. The fraction of sp³-hybridized carbons (Fsp3) is 0.478. The quantitative estimate of drug-likeness (QED) is 0.0374. The summed E-state index contributed by atoms with van der Waals surface area (Å²) in [6.07, 6.45) is 15.9. The number of carbonyl (C=O) groups excluding carboxylic acids is 6.